The fourth-order valence-corrected chi connectivity index (χ4v) is 4.26. The van der Waals surface area contributed by atoms with Crippen LogP contribution in [-0.4, -0.2) is 26.0 Å². The van der Waals surface area contributed by atoms with Gasteiger partial charge in [-0.3, -0.25) is 10.1 Å². The summed E-state index contributed by atoms with van der Waals surface area (Å²) in [6, 6.07) is 9.68. The predicted octanol–water partition coefficient (Wildman–Crippen LogP) is 4.28. The van der Waals surface area contributed by atoms with E-state index in [4.69, 9.17) is 5.73 Å². The Hall–Kier alpha value is -3.37. The van der Waals surface area contributed by atoms with Gasteiger partial charge in [-0.25, -0.2) is 14.8 Å². The van der Waals surface area contributed by atoms with Crippen molar-refractivity contribution in [2.75, 3.05) is 5.73 Å². The maximum atomic E-state index is 11.5. The van der Waals surface area contributed by atoms with Gasteiger partial charge in [-0.1, -0.05) is 18.2 Å². The second kappa shape index (κ2) is 6.41. The molecule has 134 valence electrons. The third kappa shape index (κ3) is 2.90. The summed E-state index contributed by atoms with van der Waals surface area (Å²) in [7, 11) is 0. The molecule has 0 bridgehead atoms. The van der Waals surface area contributed by atoms with Gasteiger partial charge < -0.3 is 10.8 Å². The van der Waals surface area contributed by atoms with Crippen molar-refractivity contribution in [3.05, 3.63) is 56.8 Å². The molecule has 0 spiro atoms. The summed E-state index contributed by atoms with van der Waals surface area (Å²) in [6.07, 6.45) is 0. The molecule has 4 aromatic rings. The Bertz CT molecular complexity index is 1200. The number of carbonyl (C=O) groups is 1. The third-order valence-corrected chi connectivity index (χ3v) is 5.81. The fraction of sp³-hybridized carbons (Fsp3) is 0. The lowest BCUT2D eigenvalue weighted by Gasteiger charge is -2.06. The number of nitrogens with two attached hydrogens (primary N) is 1. The first-order valence-corrected chi connectivity index (χ1v) is 9.27. The maximum Gasteiger partial charge on any atom is 0.348 e. The summed E-state index contributed by atoms with van der Waals surface area (Å²) in [5, 5.41) is 22.8. The number of rotatable bonds is 4. The van der Waals surface area contributed by atoms with Crippen LogP contribution in [0, 0.1) is 10.1 Å². The van der Waals surface area contributed by atoms with Crippen molar-refractivity contribution < 1.29 is 14.8 Å². The summed E-state index contributed by atoms with van der Waals surface area (Å²) in [5.41, 5.74) is 6.86. The molecular formula is C17H10N4O4S2. The normalized spacial score (nSPS) is 11.0. The molecule has 27 heavy (non-hydrogen) atoms. The molecule has 3 N–H and O–H groups in total. The van der Waals surface area contributed by atoms with E-state index in [0.29, 0.717) is 27.3 Å². The number of non-ortho nitro benzene ring substituents is 1. The average Bonchev–Trinajstić information content (AvgIpc) is 3.29. The van der Waals surface area contributed by atoms with E-state index in [1.807, 2.05) is 17.5 Å². The number of fused-ring (bicyclic) bond motifs is 1. The number of carboxylic acid groups (broad SMARTS) is 1. The molecule has 1 aromatic carbocycles. The van der Waals surface area contributed by atoms with Gasteiger partial charge in [0.1, 0.15) is 9.71 Å². The predicted molar refractivity (Wildman–Crippen MR) is 104 cm³/mol. The number of nitro groups is 1. The molecule has 0 radical (unpaired) electrons. The van der Waals surface area contributed by atoms with Crippen molar-refractivity contribution in [1.82, 2.24) is 9.97 Å². The largest absolute Gasteiger partial charge is 0.477 e. The molecule has 0 atom stereocenters. The summed E-state index contributed by atoms with van der Waals surface area (Å²) < 4.78 is 0. The molecule has 0 aliphatic heterocycles. The number of hydrogen-bond acceptors (Lipinski definition) is 8. The van der Waals surface area contributed by atoms with Crippen molar-refractivity contribution in [1.29, 1.82) is 0 Å². The van der Waals surface area contributed by atoms with Gasteiger partial charge in [-0.05, 0) is 11.4 Å². The van der Waals surface area contributed by atoms with Gasteiger partial charge in [0.25, 0.3) is 5.69 Å². The van der Waals surface area contributed by atoms with Crippen molar-refractivity contribution in [2.24, 2.45) is 0 Å². The van der Waals surface area contributed by atoms with E-state index < -0.39 is 10.9 Å². The molecule has 0 saturated heterocycles. The standard InChI is InChI=1S/C17H10N4O4S2/c18-12-11-13(8-3-1-4-9(7-8)21(24)25)19-15(10-5-2-6-26-10)20-16(11)27-14(12)17(22)23/h1-7H,18H2,(H,22,23). The highest BCUT2D eigenvalue weighted by molar-refractivity contribution is 7.21. The first-order valence-electron chi connectivity index (χ1n) is 7.57. The van der Waals surface area contributed by atoms with E-state index in [1.165, 1.54) is 23.5 Å². The van der Waals surface area contributed by atoms with Crippen molar-refractivity contribution in [3.8, 4) is 22.0 Å². The van der Waals surface area contributed by atoms with Crippen LogP contribution in [0.3, 0.4) is 0 Å². The van der Waals surface area contributed by atoms with Gasteiger partial charge in [-0.2, -0.15) is 0 Å². The molecule has 4 rings (SSSR count). The Morgan fingerprint density at radius 1 is 1.22 bits per heavy atom. The highest BCUT2D eigenvalue weighted by atomic mass is 32.1. The lowest BCUT2D eigenvalue weighted by molar-refractivity contribution is -0.384. The zero-order valence-electron chi connectivity index (χ0n) is 13.4. The molecular weight excluding hydrogens is 388 g/mol. The van der Waals surface area contributed by atoms with E-state index in [2.05, 4.69) is 9.97 Å². The summed E-state index contributed by atoms with van der Waals surface area (Å²) in [4.78, 5) is 32.3. The van der Waals surface area contributed by atoms with Gasteiger partial charge in [0.15, 0.2) is 5.82 Å². The number of nitrogens with zero attached hydrogens (tertiary/aromatic N) is 3. The van der Waals surface area contributed by atoms with Crippen molar-refractivity contribution >= 4 is 50.2 Å². The van der Waals surface area contributed by atoms with Gasteiger partial charge in [-0.15, -0.1) is 22.7 Å². The second-order valence-corrected chi connectivity index (χ2v) is 7.46. The number of carboxylic acids is 1. The first kappa shape index (κ1) is 17.1. The molecule has 3 heterocycles. The zero-order chi connectivity index (χ0) is 19.1. The number of thiophene rings is 2. The molecule has 0 aliphatic carbocycles. The van der Waals surface area contributed by atoms with Crippen LogP contribution in [0.2, 0.25) is 0 Å². The number of nitro benzene ring substituents is 1. The van der Waals surface area contributed by atoms with Gasteiger partial charge in [0.05, 0.1) is 26.6 Å². The van der Waals surface area contributed by atoms with Crippen LogP contribution < -0.4 is 5.73 Å². The maximum absolute atomic E-state index is 11.5. The van der Waals surface area contributed by atoms with E-state index >= 15 is 0 Å². The topological polar surface area (TPSA) is 132 Å². The second-order valence-electron chi connectivity index (χ2n) is 5.51. The van der Waals surface area contributed by atoms with Crippen LogP contribution in [0.15, 0.2) is 41.8 Å². The SMILES string of the molecule is Nc1c(C(=O)O)sc2nc(-c3cccs3)nc(-c3cccc([N+](=O)[O-])c3)c12. The number of nitrogen functional groups attached to an aromatic ring is 1. The molecule has 8 nitrogen and oxygen atoms in total. The first-order chi connectivity index (χ1) is 13.0. The Morgan fingerprint density at radius 3 is 2.70 bits per heavy atom. The van der Waals surface area contributed by atoms with Gasteiger partial charge >= 0.3 is 5.97 Å². The number of anilines is 1. The van der Waals surface area contributed by atoms with Crippen LogP contribution in [0.1, 0.15) is 9.67 Å². The third-order valence-electron chi connectivity index (χ3n) is 3.85. The summed E-state index contributed by atoms with van der Waals surface area (Å²) in [6.45, 7) is 0. The molecule has 0 aliphatic rings. The smallest absolute Gasteiger partial charge is 0.348 e. The van der Waals surface area contributed by atoms with Crippen molar-refractivity contribution in [2.45, 2.75) is 0 Å². The van der Waals surface area contributed by atoms with Crippen LogP contribution in [0.4, 0.5) is 11.4 Å². The van der Waals surface area contributed by atoms with Crippen LogP contribution in [0.25, 0.3) is 32.2 Å². The molecule has 10 heteroatoms. The molecule has 3 aromatic heterocycles. The summed E-state index contributed by atoms with van der Waals surface area (Å²) >= 11 is 2.40. The van der Waals surface area contributed by atoms with E-state index in [9.17, 15) is 20.0 Å². The quantitative estimate of drug-likeness (QED) is 0.387. The highest BCUT2D eigenvalue weighted by Gasteiger charge is 2.23. The zero-order valence-corrected chi connectivity index (χ0v) is 15.1. The van der Waals surface area contributed by atoms with Crippen LogP contribution in [-0.2, 0) is 0 Å². The number of benzene rings is 1. The van der Waals surface area contributed by atoms with Gasteiger partial charge in [0, 0.05) is 17.7 Å². The monoisotopic (exact) mass is 398 g/mol. The highest BCUT2D eigenvalue weighted by Crippen LogP contribution is 2.40. The number of hydrogen-bond donors (Lipinski definition) is 2. The van der Waals surface area contributed by atoms with Gasteiger partial charge in [0.2, 0.25) is 0 Å². The Balaban J connectivity index is 2.06. The Morgan fingerprint density at radius 2 is 2.04 bits per heavy atom. The Kier molecular flexibility index (Phi) is 4.05. The average molecular weight is 398 g/mol. The fourth-order valence-electron chi connectivity index (χ4n) is 2.67. The minimum absolute atomic E-state index is 0.0330. The molecule has 0 saturated carbocycles. The van der Waals surface area contributed by atoms with Crippen molar-refractivity contribution in [3.63, 3.8) is 0 Å². The lowest BCUT2D eigenvalue weighted by Crippen LogP contribution is -1.99. The number of aromatic nitrogens is 2. The lowest BCUT2D eigenvalue weighted by atomic mass is 10.1. The van der Waals surface area contributed by atoms with Crippen LogP contribution >= 0.6 is 22.7 Å². The Labute approximate surface area is 159 Å². The molecule has 0 unspecified atom stereocenters. The minimum atomic E-state index is -1.15. The van der Waals surface area contributed by atoms with E-state index in [0.717, 1.165) is 16.2 Å². The van der Waals surface area contributed by atoms with E-state index in [1.54, 1.807) is 12.1 Å². The number of aromatic carboxylic acids is 1. The minimum Gasteiger partial charge on any atom is -0.477 e. The summed E-state index contributed by atoms with van der Waals surface area (Å²) in [5.74, 6) is -0.740. The molecule has 0 fully saturated rings. The van der Waals surface area contributed by atoms with E-state index in [-0.39, 0.29) is 16.3 Å². The molecule has 0 amide bonds. The van der Waals surface area contributed by atoms with Crippen LogP contribution in [0.5, 0.6) is 0 Å².